The number of hydrogen-bond acceptors (Lipinski definition) is 3. The predicted molar refractivity (Wildman–Crippen MR) is 90.3 cm³/mol. The molecule has 0 aliphatic heterocycles. The van der Waals surface area contributed by atoms with Gasteiger partial charge >= 0.3 is 0 Å². The molecule has 0 spiro atoms. The molecule has 0 radical (unpaired) electrons. The summed E-state index contributed by atoms with van der Waals surface area (Å²) in [4.78, 5) is 11.6. The van der Waals surface area contributed by atoms with Gasteiger partial charge in [0.1, 0.15) is 0 Å². The van der Waals surface area contributed by atoms with Gasteiger partial charge in [0.25, 0.3) is 5.91 Å². The molecule has 0 fully saturated rings. The molecule has 5 nitrogen and oxygen atoms in total. The van der Waals surface area contributed by atoms with Gasteiger partial charge in [-0.25, -0.2) is 0 Å². The third-order valence-corrected chi connectivity index (χ3v) is 4.56. The highest BCUT2D eigenvalue weighted by Crippen LogP contribution is 2.29. The van der Waals surface area contributed by atoms with Gasteiger partial charge in [-0.3, -0.25) is 9.48 Å². The van der Waals surface area contributed by atoms with Crippen molar-refractivity contribution in [2.45, 2.75) is 45.3 Å². The average molecular weight is 312 g/mol. The average Bonchev–Trinajstić information content (AvgIpc) is 3.03. The number of aryl methyl sites for hydroxylation is 1. The molecule has 2 aromatic rings. The molecule has 5 heteroatoms. The summed E-state index contributed by atoms with van der Waals surface area (Å²) < 4.78 is 2.11. The molecular formula is C18H24N4O. The lowest BCUT2D eigenvalue weighted by Gasteiger charge is -2.24. The van der Waals surface area contributed by atoms with Crippen molar-refractivity contribution in [1.29, 1.82) is 0 Å². The number of amides is 1. The Balaban J connectivity index is 1.65. The third kappa shape index (κ3) is 3.29. The Bertz CT molecular complexity index is 675. The van der Waals surface area contributed by atoms with E-state index in [9.17, 15) is 4.79 Å². The molecule has 0 unspecified atom stereocenters. The van der Waals surface area contributed by atoms with Crippen molar-refractivity contribution in [3.05, 3.63) is 52.8 Å². The van der Waals surface area contributed by atoms with Crippen molar-refractivity contribution < 1.29 is 4.79 Å². The normalized spacial score (nSPS) is 16.9. The number of nitrogens with zero attached hydrogens (tertiary/aromatic N) is 2. The number of rotatable bonds is 5. The number of nitrogens with one attached hydrogen (secondary N) is 2. The Morgan fingerprint density at radius 2 is 2.13 bits per heavy atom. The summed E-state index contributed by atoms with van der Waals surface area (Å²) >= 11 is 0. The molecule has 122 valence electrons. The number of carbonyl (C=O) groups is 1. The minimum absolute atomic E-state index is 0.0478. The van der Waals surface area contributed by atoms with Crippen molar-refractivity contribution in [2.75, 3.05) is 7.05 Å². The van der Waals surface area contributed by atoms with Gasteiger partial charge in [0.15, 0.2) is 0 Å². The van der Waals surface area contributed by atoms with Crippen LogP contribution in [0, 0.1) is 0 Å². The third-order valence-electron chi connectivity index (χ3n) is 4.56. The van der Waals surface area contributed by atoms with Crippen LogP contribution >= 0.6 is 0 Å². The lowest BCUT2D eigenvalue weighted by atomic mass is 9.92. The predicted octanol–water partition coefficient (Wildman–Crippen LogP) is 2.43. The Morgan fingerprint density at radius 3 is 2.83 bits per heavy atom. The maximum Gasteiger partial charge on any atom is 0.251 e. The maximum absolute atomic E-state index is 11.6. The van der Waals surface area contributed by atoms with Gasteiger partial charge in [-0.15, -0.1) is 0 Å². The zero-order chi connectivity index (χ0) is 16.2. The monoisotopic (exact) mass is 312 g/mol. The van der Waals surface area contributed by atoms with Crippen molar-refractivity contribution in [1.82, 2.24) is 20.4 Å². The number of fused-ring (bicyclic) bond motifs is 1. The standard InChI is InChI=1S/C18H24N4O/c1-3-22-17-6-4-5-16(15(17)12-21-22)20-11-13-7-9-14(10-8-13)18(23)19-2/h7-10,12,16,20H,3-6,11H2,1-2H3,(H,19,23)/t16-/m1/s1. The molecule has 1 aromatic carbocycles. The van der Waals surface area contributed by atoms with Crippen LogP contribution in [0.15, 0.2) is 30.5 Å². The van der Waals surface area contributed by atoms with E-state index in [1.54, 1.807) is 7.05 Å². The second-order valence-corrected chi connectivity index (χ2v) is 5.96. The van der Waals surface area contributed by atoms with Crippen LogP contribution < -0.4 is 10.6 Å². The molecule has 1 aliphatic rings. The highest BCUT2D eigenvalue weighted by atomic mass is 16.1. The molecule has 1 aromatic heterocycles. The van der Waals surface area contributed by atoms with E-state index in [-0.39, 0.29) is 5.91 Å². The lowest BCUT2D eigenvalue weighted by Crippen LogP contribution is -2.25. The van der Waals surface area contributed by atoms with Crippen molar-refractivity contribution in [2.24, 2.45) is 0 Å². The van der Waals surface area contributed by atoms with Gasteiger partial charge in [0, 0.05) is 43.0 Å². The summed E-state index contributed by atoms with van der Waals surface area (Å²) in [5.74, 6) is -0.0478. The first-order valence-electron chi connectivity index (χ1n) is 8.32. The van der Waals surface area contributed by atoms with Gasteiger partial charge in [-0.05, 0) is 43.9 Å². The van der Waals surface area contributed by atoms with E-state index in [0.29, 0.717) is 11.6 Å². The first-order valence-corrected chi connectivity index (χ1v) is 8.32. The van der Waals surface area contributed by atoms with E-state index in [1.807, 2.05) is 30.5 Å². The lowest BCUT2D eigenvalue weighted by molar-refractivity contribution is 0.0963. The summed E-state index contributed by atoms with van der Waals surface area (Å²) in [7, 11) is 1.65. The Hall–Kier alpha value is -2.14. The van der Waals surface area contributed by atoms with Crippen LogP contribution in [0.5, 0.6) is 0 Å². The number of aromatic nitrogens is 2. The molecule has 3 rings (SSSR count). The van der Waals surface area contributed by atoms with Crippen LogP contribution in [0.25, 0.3) is 0 Å². The first kappa shape index (κ1) is 15.7. The fourth-order valence-corrected chi connectivity index (χ4v) is 3.26. The summed E-state index contributed by atoms with van der Waals surface area (Å²) in [5, 5.41) is 10.8. The van der Waals surface area contributed by atoms with Gasteiger partial charge in [0.2, 0.25) is 0 Å². The fourth-order valence-electron chi connectivity index (χ4n) is 3.26. The molecule has 1 atom stereocenters. The van der Waals surface area contributed by atoms with Crippen LogP contribution in [-0.4, -0.2) is 22.7 Å². The zero-order valence-electron chi connectivity index (χ0n) is 13.8. The maximum atomic E-state index is 11.6. The molecular weight excluding hydrogens is 288 g/mol. The van der Waals surface area contributed by atoms with Gasteiger partial charge in [-0.1, -0.05) is 12.1 Å². The highest BCUT2D eigenvalue weighted by Gasteiger charge is 2.23. The van der Waals surface area contributed by atoms with Crippen LogP contribution in [0.3, 0.4) is 0 Å². The molecule has 0 saturated carbocycles. The summed E-state index contributed by atoms with van der Waals surface area (Å²) in [6.45, 7) is 3.87. The number of carbonyl (C=O) groups excluding carboxylic acids is 1. The Kier molecular flexibility index (Phi) is 4.76. The Morgan fingerprint density at radius 1 is 1.35 bits per heavy atom. The van der Waals surface area contributed by atoms with Crippen LogP contribution in [0.1, 0.15) is 53.0 Å². The molecule has 1 amide bonds. The Labute approximate surface area is 137 Å². The first-order chi connectivity index (χ1) is 11.2. The summed E-state index contributed by atoms with van der Waals surface area (Å²) in [6.07, 6.45) is 5.50. The van der Waals surface area contributed by atoms with Crippen molar-refractivity contribution >= 4 is 5.91 Å². The molecule has 2 N–H and O–H groups in total. The van der Waals surface area contributed by atoms with Crippen LogP contribution in [-0.2, 0) is 19.5 Å². The number of benzene rings is 1. The van der Waals surface area contributed by atoms with E-state index < -0.39 is 0 Å². The minimum atomic E-state index is -0.0478. The second kappa shape index (κ2) is 6.96. The molecule has 0 bridgehead atoms. The fraction of sp³-hybridized carbons (Fsp3) is 0.444. The number of hydrogen-bond donors (Lipinski definition) is 2. The van der Waals surface area contributed by atoms with E-state index in [0.717, 1.165) is 25.9 Å². The van der Waals surface area contributed by atoms with Gasteiger partial charge in [-0.2, -0.15) is 5.10 Å². The molecule has 1 aliphatic carbocycles. The second-order valence-electron chi connectivity index (χ2n) is 5.96. The van der Waals surface area contributed by atoms with E-state index in [2.05, 4.69) is 27.3 Å². The molecule has 1 heterocycles. The quantitative estimate of drug-likeness (QED) is 0.891. The van der Waals surface area contributed by atoms with E-state index in [4.69, 9.17) is 0 Å². The van der Waals surface area contributed by atoms with E-state index in [1.165, 1.54) is 23.2 Å². The molecule has 23 heavy (non-hydrogen) atoms. The highest BCUT2D eigenvalue weighted by molar-refractivity contribution is 5.93. The molecule has 0 saturated heterocycles. The van der Waals surface area contributed by atoms with E-state index >= 15 is 0 Å². The SMILES string of the molecule is CCn1ncc2c1CCC[C@H]2NCc1ccc(C(=O)NC)cc1. The van der Waals surface area contributed by atoms with Gasteiger partial charge in [0.05, 0.1) is 6.20 Å². The summed E-state index contributed by atoms with van der Waals surface area (Å²) in [6, 6.07) is 8.14. The zero-order valence-corrected chi connectivity index (χ0v) is 13.8. The topological polar surface area (TPSA) is 59.0 Å². The summed E-state index contributed by atoms with van der Waals surface area (Å²) in [5.41, 5.74) is 4.61. The van der Waals surface area contributed by atoms with Crippen molar-refractivity contribution in [3.8, 4) is 0 Å². The van der Waals surface area contributed by atoms with Crippen LogP contribution in [0.4, 0.5) is 0 Å². The van der Waals surface area contributed by atoms with Crippen molar-refractivity contribution in [3.63, 3.8) is 0 Å². The largest absolute Gasteiger partial charge is 0.355 e. The van der Waals surface area contributed by atoms with Crippen LogP contribution in [0.2, 0.25) is 0 Å². The minimum Gasteiger partial charge on any atom is -0.355 e. The van der Waals surface area contributed by atoms with Gasteiger partial charge < -0.3 is 10.6 Å². The smallest absolute Gasteiger partial charge is 0.251 e.